The zero-order valence-corrected chi connectivity index (χ0v) is 16.0. The van der Waals surface area contributed by atoms with Gasteiger partial charge >= 0.3 is 0 Å². The standard InChI is InChI=1S/C21H13FN6.CH2O2/c22-16-6-2-1-4-13(16)17-10-15(12-5-3-8-25-21(12)28-17)19-18-14(7-9-24-19)20(23)27-11-26-18;2-1-3/h1-11H,(H2,23,26,27);1H,(H,2,3). The summed E-state index contributed by atoms with van der Waals surface area (Å²) in [7, 11) is 0. The maximum Gasteiger partial charge on any atom is 0.290 e. The number of halogens is 1. The van der Waals surface area contributed by atoms with Crippen molar-refractivity contribution in [1.29, 1.82) is 0 Å². The number of carbonyl (C=O) groups is 1. The summed E-state index contributed by atoms with van der Waals surface area (Å²) in [6, 6.07) is 13.8. The molecule has 0 atom stereocenters. The number of anilines is 1. The molecule has 0 bridgehead atoms. The second kappa shape index (κ2) is 8.46. The van der Waals surface area contributed by atoms with E-state index in [0.717, 1.165) is 10.9 Å². The van der Waals surface area contributed by atoms with Crippen molar-refractivity contribution in [3.63, 3.8) is 0 Å². The molecule has 5 rings (SSSR count). The highest BCUT2D eigenvalue weighted by atomic mass is 19.1. The molecule has 0 radical (unpaired) electrons. The molecule has 0 unspecified atom stereocenters. The van der Waals surface area contributed by atoms with E-state index < -0.39 is 0 Å². The van der Waals surface area contributed by atoms with Crippen molar-refractivity contribution in [3.8, 4) is 22.5 Å². The van der Waals surface area contributed by atoms with Crippen molar-refractivity contribution in [3.05, 3.63) is 73.1 Å². The number of fused-ring (bicyclic) bond motifs is 2. The van der Waals surface area contributed by atoms with Crippen molar-refractivity contribution in [2.24, 2.45) is 0 Å². The fraction of sp³-hybridized carbons (Fsp3) is 0. The number of benzene rings is 1. The first kappa shape index (κ1) is 19.8. The third-order valence-electron chi connectivity index (χ3n) is 4.57. The van der Waals surface area contributed by atoms with Gasteiger partial charge in [0.2, 0.25) is 0 Å². The van der Waals surface area contributed by atoms with E-state index in [0.29, 0.717) is 39.3 Å². The third kappa shape index (κ3) is 3.71. The first-order valence-electron chi connectivity index (χ1n) is 9.08. The lowest BCUT2D eigenvalue weighted by Crippen LogP contribution is -1.98. The predicted octanol–water partition coefficient (Wildman–Crippen LogP) is 3.72. The minimum Gasteiger partial charge on any atom is -0.483 e. The number of nitrogens with zero attached hydrogens (tertiary/aromatic N) is 5. The van der Waals surface area contributed by atoms with Crippen LogP contribution in [-0.2, 0) is 4.79 Å². The molecule has 1 aromatic carbocycles. The molecule has 8 nitrogen and oxygen atoms in total. The molecule has 0 fully saturated rings. The lowest BCUT2D eigenvalue weighted by molar-refractivity contribution is -0.122. The number of nitrogen functional groups attached to an aromatic ring is 1. The minimum atomic E-state index is -0.353. The van der Waals surface area contributed by atoms with E-state index >= 15 is 0 Å². The van der Waals surface area contributed by atoms with Crippen LogP contribution in [0.3, 0.4) is 0 Å². The Kier molecular flexibility index (Phi) is 5.39. The van der Waals surface area contributed by atoms with Gasteiger partial charge in [0.25, 0.3) is 6.47 Å². The SMILES string of the molecule is Nc1ncnc2c(-c3cc(-c4ccccc4F)nc4ncccc34)nccc12.O=CO. The Morgan fingerprint density at radius 3 is 2.52 bits per heavy atom. The third-order valence-corrected chi connectivity index (χ3v) is 4.57. The second-order valence-electron chi connectivity index (χ2n) is 6.33. The van der Waals surface area contributed by atoms with E-state index in [1.807, 2.05) is 18.2 Å². The smallest absolute Gasteiger partial charge is 0.290 e. The number of aromatic nitrogens is 5. The molecule has 31 heavy (non-hydrogen) atoms. The molecule has 0 amide bonds. The van der Waals surface area contributed by atoms with Gasteiger partial charge in [-0.15, -0.1) is 0 Å². The highest BCUT2D eigenvalue weighted by molar-refractivity contribution is 6.03. The molecule has 4 aromatic heterocycles. The van der Waals surface area contributed by atoms with E-state index in [2.05, 4.69) is 24.9 Å². The minimum absolute atomic E-state index is 0.250. The van der Waals surface area contributed by atoms with Gasteiger partial charge in [0, 0.05) is 34.3 Å². The van der Waals surface area contributed by atoms with Crippen LogP contribution in [0.2, 0.25) is 0 Å². The molecule has 152 valence electrons. The largest absolute Gasteiger partial charge is 0.483 e. The van der Waals surface area contributed by atoms with E-state index in [1.54, 1.807) is 36.7 Å². The molecule has 0 saturated heterocycles. The van der Waals surface area contributed by atoms with Gasteiger partial charge in [-0.1, -0.05) is 12.1 Å². The number of carboxylic acid groups (broad SMARTS) is 1. The lowest BCUT2D eigenvalue weighted by atomic mass is 10.0. The Bertz CT molecular complexity index is 1410. The molecule has 3 N–H and O–H groups in total. The first-order valence-corrected chi connectivity index (χ1v) is 9.08. The first-order chi connectivity index (χ1) is 15.1. The van der Waals surface area contributed by atoms with Crippen LogP contribution < -0.4 is 5.73 Å². The van der Waals surface area contributed by atoms with Crippen LogP contribution >= 0.6 is 0 Å². The number of pyridine rings is 3. The lowest BCUT2D eigenvalue weighted by Gasteiger charge is -2.11. The van der Waals surface area contributed by atoms with Gasteiger partial charge in [-0.25, -0.2) is 24.3 Å². The molecule has 0 aliphatic heterocycles. The van der Waals surface area contributed by atoms with Crippen molar-refractivity contribution in [1.82, 2.24) is 24.9 Å². The van der Waals surface area contributed by atoms with Gasteiger partial charge in [-0.3, -0.25) is 9.78 Å². The summed E-state index contributed by atoms with van der Waals surface area (Å²) in [4.78, 5) is 30.2. The summed E-state index contributed by atoms with van der Waals surface area (Å²) in [5, 5.41) is 8.38. The van der Waals surface area contributed by atoms with Crippen LogP contribution in [0.4, 0.5) is 10.2 Å². The normalized spacial score (nSPS) is 10.5. The van der Waals surface area contributed by atoms with Gasteiger partial charge in [0.05, 0.1) is 11.4 Å². The summed E-state index contributed by atoms with van der Waals surface area (Å²) in [6.07, 6.45) is 4.71. The van der Waals surface area contributed by atoms with Crippen LogP contribution in [0.15, 0.2) is 67.3 Å². The number of nitrogens with two attached hydrogens (primary N) is 1. The van der Waals surface area contributed by atoms with Crippen molar-refractivity contribution >= 4 is 34.2 Å². The maximum atomic E-state index is 14.4. The molecule has 4 heterocycles. The average Bonchev–Trinajstić information content (AvgIpc) is 2.79. The molecular formula is C22H15FN6O2. The number of rotatable bonds is 2. The van der Waals surface area contributed by atoms with Crippen LogP contribution in [0.25, 0.3) is 44.5 Å². The molecule has 9 heteroatoms. The second-order valence-corrected chi connectivity index (χ2v) is 6.33. The summed E-state index contributed by atoms with van der Waals surface area (Å²) >= 11 is 0. The monoisotopic (exact) mass is 414 g/mol. The molecule has 0 spiro atoms. The summed E-state index contributed by atoms with van der Waals surface area (Å²) in [6.45, 7) is -0.250. The maximum absolute atomic E-state index is 14.4. The van der Waals surface area contributed by atoms with Gasteiger partial charge in [-0.2, -0.15) is 0 Å². The Morgan fingerprint density at radius 2 is 1.71 bits per heavy atom. The topological polar surface area (TPSA) is 128 Å². The Morgan fingerprint density at radius 1 is 0.903 bits per heavy atom. The Balaban J connectivity index is 0.000000730. The number of hydrogen-bond donors (Lipinski definition) is 2. The quantitative estimate of drug-likeness (QED) is 0.418. The van der Waals surface area contributed by atoms with Gasteiger partial charge in [0.1, 0.15) is 23.5 Å². The molecule has 0 aliphatic carbocycles. The van der Waals surface area contributed by atoms with Crippen molar-refractivity contribution in [2.45, 2.75) is 0 Å². The predicted molar refractivity (Wildman–Crippen MR) is 114 cm³/mol. The Labute approximate surface area is 175 Å². The van der Waals surface area contributed by atoms with Crippen LogP contribution in [0, 0.1) is 5.82 Å². The van der Waals surface area contributed by atoms with Crippen LogP contribution in [0.5, 0.6) is 0 Å². The van der Waals surface area contributed by atoms with Crippen LogP contribution in [-0.4, -0.2) is 36.5 Å². The van der Waals surface area contributed by atoms with E-state index in [-0.39, 0.29) is 12.3 Å². The highest BCUT2D eigenvalue weighted by Crippen LogP contribution is 2.34. The summed E-state index contributed by atoms with van der Waals surface area (Å²) in [5.41, 5.74) is 9.35. The Hall–Kier alpha value is -4.53. The number of hydrogen-bond acceptors (Lipinski definition) is 7. The van der Waals surface area contributed by atoms with Gasteiger partial charge < -0.3 is 10.8 Å². The summed E-state index contributed by atoms with van der Waals surface area (Å²) in [5.74, 6) is 0.0214. The van der Waals surface area contributed by atoms with Gasteiger partial charge in [-0.05, 0) is 36.4 Å². The van der Waals surface area contributed by atoms with E-state index in [9.17, 15) is 4.39 Å². The van der Waals surface area contributed by atoms with E-state index in [1.165, 1.54) is 12.4 Å². The molecule has 0 aliphatic rings. The molecular weight excluding hydrogens is 399 g/mol. The zero-order valence-electron chi connectivity index (χ0n) is 16.0. The van der Waals surface area contributed by atoms with Gasteiger partial charge in [0.15, 0.2) is 5.65 Å². The fourth-order valence-electron chi connectivity index (χ4n) is 3.27. The molecule has 5 aromatic rings. The fourth-order valence-corrected chi connectivity index (χ4v) is 3.27. The average molecular weight is 414 g/mol. The summed E-state index contributed by atoms with van der Waals surface area (Å²) < 4.78 is 14.4. The van der Waals surface area contributed by atoms with Crippen LogP contribution in [0.1, 0.15) is 0 Å². The highest BCUT2D eigenvalue weighted by Gasteiger charge is 2.16. The van der Waals surface area contributed by atoms with E-state index in [4.69, 9.17) is 15.6 Å². The van der Waals surface area contributed by atoms with Crippen molar-refractivity contribution < 1.29 is 14.3 Å². The molecule has 0 saturated carbocycles. The van der Waals surface area contributed by atoms with Crippen molar-refractivity contribution in [2.75, 3.05) is 5.73 Å². The zero-order chi connectivity index (χ0) is 21.8.